The SMILES string of the molecule is Nc1cccc(C(=O)OCC2CCCCC2)c1Cl. The van der Waals surface area contributed by atoms with Gasteiger partial charge in [0.2, 0.25) is 0 Å². The summed E-state index contributed by atoms with van der Waals surface area (Å²) in [6, 6.07) is 5.01. The minimum Gasteiger partial charge on any atom is -0.462 e. The van der Waals surface area contributed by atoms with Gasteiger partial charge in [-0.25, -0.2) is 4.79 Å². The number of halogens is 1. The summed E-state index contributed by atoms with van der Waals surface area (Å²) in [5.41, 5.74) is 6.42. The van der Waals surface area contributed by atoms with Gasteiger partial charge in [-0.3, -0.25) is 0 Å². The Morgan fingerprint density at radius 3 is 2.78 bits per heavy atom. The largest absolute Gasteiger partial charge is 0.462 e. The van der Waals surface area contributed by atoms with Gasteiger partial charge in [0.1, 0.15) is 0 Å². The van der Waals surface area contributed by atoms with Gasteiger partial charge in [-0.15, -0.1) is 0 Å². The first kappa shape index (κ1) is 13.2. The number of rotatable bonds is 3. The summed E-state index contributed by atoms with van der Waals surface area (Å²) in [7, 11) is 0. The molecule has 1 aliphatic carbocycles. The minimum atomic E-state index is -0.377. The van der Waals surface area contributed by atoms with Crippen molar-refractivity contribution in [2.24, 2.45) is 5.92 Å². The van der Waals surface area contributed by atoms with Gasteiger partial charge in [-0.1, -0.05) is 36.9 Å². The summed E-state index contributed by atoms with van der Waals surface area (Å²) in [4.78, 5) is 11.9. The molecule has 3 nitrogen and oxygen atoms in total. The Morgan fingerprint density at radius 2 is 2.06 bits per heavy atom. The highest BCUT2D eigenvalue weighted by molar-refractivity contribution is 6.36. The van der Waals surface area contributed by atoms with Crippen LogP contribution in [0.3, 0.4) is 0 Å². The van der Waals surface area contributed by atoms with Crippen molar-refractivity contribution in [3.05, 3.63) is 28.8 Å². The van der Waals surface area contributed by atoms with Crippen LogP contribution in [0, 0.1) is 5.92 Å². The Hall–Kier alpha value is -1.22. The van der Waals surface area contributed by atoms with Crippen molar-refractivity contribution in [1.29, 1.82) is 0 Å². The number of carbonyl (C=O) groups is 1. The zero-order chi connectivity index (χ0) is 13.0. The molecule has 0 aromatic heterocycles. The molecule has 2 N–H and O–H groups in total. The molecular weight excluding hydrogens is 250 g/mol. The Labute approximate surface area is 112 Å². The van der Waals surface area contributed by atoms with Gasteiger partial charge in [0.25, 0.3) is 0 Å². The van der Waals surface area contributed by atoms with E-state index in [1.165, 1.54) is 19.3 Å². The summed E-state index contributed by atoms with van der Waals surface area (Å²) in [6.07, 6.45) is 6.07. The van der Waals surface area contributed by atoms with E-state index in [0.29, 0.717) is 23.8 Å². The van der Waals surface area contributed by atoms with Gasteiger partial charge in [0.05, 0.1) is 22.9 Å². The number of nitrogens with two attached hydrogens (primary N) is 1. The van der Waals surface area contributed by atoms with Crippen molar-refractivity contribution in [3.8, 4) is 0 Å². The lowest BCUT2D eigenvalue weighted by atomic mass is 9.90. The zero-order valence-corrected chi connectivity index (χ0v) is 11.1. The van der Waals surface area contributed by atoms with E-state index >= 15 is 0 Å². The Balaban J connectivity index is 1.93. The molecule has 0 aliphatic heterocycles. The maximum Gasteiger partial charge on any atom is 0.339 e. The number of esters is 1. The summed E-state index contributed by atoms with van der Waals surface area (Å²) >= 11 is 5.98. The molecule has 0 radical (unpaired) electrons. The summed E-state index contributed by atoms with van der Waals surface area (Å²) in [6.45, 7) is 0.490. The number of hydrogen-bond donors (Lipinski definition) is 1. The molecule has 1 aliphatic rings. The zero-order valence-electron chi connectivity index (χ0n) is 10.3. The summed E-state index contributed by atoms with van der Waals surface area (Å²) < 4.78 is 5.32. The van der Waals surface area contributed by atoms with Crippen LogP contribution in [0.1, 0.15) is 42.5 Å². The van der Waals surface area contributed by atoms with E-state index in [0.717, 1.165) is 12.8 Å². The van der Waals surface area contributed by atoms with Crippen LogP contribution in [0.5, 0.6) is 0 Å². The number of ether oxygens (including phenoxy) is 1. The molecule has 98 valence electrons. The van der Waals surface area contributed by atoms with Crippen LogP contribution in [-0.2, 0) is 4.74 Å². The van der Waals surface area contributed by atoms with Crippen LogP contribution in [0.25, 0.3) is 0 Å². The third kappa shape index (κ3) is 3.16. The average Bonchev–Trinajstić information content (AvgIpc) is 2.40. The first-order valence-electron chi connectivity index (χ1n) is 6.39. The highest BCUT2D eigenvalue weighted by atomic mass is 35.5. The van der Waals surface area contributed by atoms with Gasteiger partial charge in [0, 0.05) is 0 Å². The maximum absolute atomic E-state index is 11.9. The molecule has 0 spiro atoms. The van der Waals surface area contributed by atoms with Gasteiger partial charge < -0.3 is 10.5 Å². The molecule has 1 fully saturated rings. The van der Waals surface area contributed by atoms with Gasteiger partial charge in [-0.05, 0) is 30.9 Å². The highest BCUT2D eigenvalue weighted by Gasteiger charge is 2.18. The van der Waals surface area contributed by atoms with Crippen LogP contribution in [0.2, 0.25) is 5.02 Å². The van der Waals surface area contributed by atoms with Crippen molar-refractivity contribution in [1.82, 2.24) is 0 Å². The lowest BCUT2D eigenvalue weighted by molar-refractivity contribution is 0.0410. The Morgan fingerprint density at radius 1 is 1.33 bits per heavy atom. The molecule has 1 aromatic carbocycles. The fourth-order valence-electron chi connectivity index (χ4n) is 2.33. The average molecular weight is 268 g/mol. The first-order valence-corrected chi connectivity index (χ1v) is 6.77. The van der Waals surface area contributed by atoms with E-state index in [-0.39, 0.29) is 11.0 Å². The van der Waals surface area contributed by atoms with Crippen LogP contribution in [-0.4, -0.2) is 12.6 Å². The fraction of sp³-hybridized carbons (Fsp3) is 0.500. The van der Waals surface area contributed by atoms with Crippen LogP contribution in [0.4, 0.5) is 5.69 Å². The van der Waals surface area contributed by atoms with Crippen molar-refractivity contribution < 1.29 is 9.53 Å². The van der Waals surface area contributed by atoms with Gasteiger partial charge in [0.15, 0.2) is 0 Å². The molecule has 1 saturated carbocycles. The monoisotopic (exact) mass is 267 g/mol. The summed E-state index contributed by atoms with van der Waals surface area (Å²) in [5.74, 6) is 0.125. The molecule has 0 amide bonds. The lowest BCUT2D eigenvalue weighted by Crippen LogP contribution is -2.17. The molecule has 2 rings (SSSR count). The van der Waals surface area contributed by atoms with Crippen LogP contribution >= 0.6 is 11.6 Å². The molecule has 0 bridgehead atoms. The second kappa shape index (κ2) is 6.10. The molecule has 18 heavy (non-hydrogen) atoms. The normalized spacial score (nSPS) is 16.5. The molecule has 0 heterocycles. The standard InChI is InChI=1S/C14H18ClNO2/c15-13-11(7-4-8-12(13)16)14(17)18-9-10-5-2-1-3-6-10/h4,7-8,10H,1-3,5-6,9,16H2. The van der Waals surface area contributed by atoms with Crippen molar-refractivity contribution >= 4 is 23.3 Å². The Bertz CT molecular complexity index is 428. The maximum atomic E-state index is 11.9. The van der Waals surface area contributed by atoms with Gasteiger partial charge in [-0.2, -0.15) is 0 Å². The second-order valence-corrected chi connectivity index (χ2v) is 5.19. The molecular formula is C14H18ClNO2. The first-order chi connectivity index (χ1) is 8.68. The Kier molecular flexibility index (Phi) is 4.48. The van der Waals surface area contributed by atoms with E-state index in [4.69, 9.17) is 22.1 Å². The predicted molar refractivity (Wildman–Crippen MR) is 72.7 cm³/mol. The van der Waals surface area contributed by atoms with Crippen molar-refractivity contribution in [2.75, 3.05) is 12.3 Å². The smallest absolute Gasteiger partial charge is 0.339 e. The van der Waals surface area contributed by atoms with E-state index in [9.17, 15) is 4.79 Å². The predicted octanol–water partition coefficient (Wildman–Crippen LogP) is 3.66. The van der Waals surface area contributed by atoms with Crippen molar-refractivity contribution in [3.63, 3.8) is 0 Å². The third-order valence-corrected chi connectivity index (χ3v) is 3.85. The number of nitrogen functional groups attached to an aromatic ring is 1. The quantitative estimate of drug-likeness (QED) is 0.672. The number of hydrogen-bond acceptors (Lipinski definition) is 3. The van der Waals surface area contributed by atoms with E-state index in [1.807, 2.05) is 0 Å². The highest BCUT2D eigenvalue weighted by Crippen LogP contribution is 2.26. The topological polar surface area (TPSA) is 52.3 Å². The second-order valence-electron chi connectivity index (χ2n) is 4.81. The molecule has 0 saturated heterocycles. The van der Waals surface area contributed by atoms with E-state index in [2.05, 4.69) is 0 Å². The third-order valence-electron chi connectivity index (χ3n) is 3.42. The van der Waals surface area contributed by atoms with E-state index in [1.54, 1.807) is 18.2 Å². The molecule has 4 heteroatoms. The number of benzene rings is 1. The van der Waals surface area contributed by atoms with Crippen LogP contribution in [0.15, 0.2) is 18.2 Å². The van der Waals surface area contributed by atoms with Crippen molar-refractivity contribution in [2.45, 2.75) is 32.1 Å². The number of carbonyl (C=O) groups excluding carboxylic acids is 1. The fourth-order valence-corrected chi connectivity index (χ4v) is 2.54. The molecule has 1 aromatic rings. The molecule has 0 unspecified atom stereocenters. The minimum absolute atomic E-state index is 0.283. The van der Waals surface area contributed by atoms with Gasteiger partial charge >= 0.3 is 5.97 Å². The number of anilines is 1. The summed E-state index contributed by atoms with van der Waals surface area (Å²) in [5, 5.41) is 0.283. The van der Waals surface area contributed by atoms with E-state index < -0.39 is 0 Å². The molecule has 0 atom stereocenters. The van der Waals surface area contributed by atoms with Crippen LogP contribution < -0.4 is 5.73 Å². The lowest BCUT2D eigenvalue weighted by Gasteiger charge is -2.21.